The van der Waals surface area contributed by atoms with Gasteiger partial charge >= 0.3 is 0 Å². The Kier molecular flexibility index (Phi) is 3.69. The molecule has 13 heavy (non-hydrogen) atoms. The third kappa shape index (κ3) is 2.97. The van der Waals surface area contributed by atoms with Crippen LogP contribution in [0.2, 0.25) is 0 Å². The highest BCUT2D eigenvalue weighted by Crippen LogP contribution is 2.10. The van der Waals surface area contributed by atoms with Crippen molar-refractivity contribution in [2.45, 2.75) is 32.2 Å². The first-order valence-electron chi connectivity index (χ1n) is 4.52. The van der Waals surface area contributed by atoms with Crippen molar-refractivity contribution in [1.29, 1.82) is 0 Å². The molecule has 1 saturated heterocycles. The van der Waals surface area contributed by atoms with Gasteiger partial charge in [0.05, 0.1) is 6.20 Å². The largest absolute Gasteiger partial charge is 0.314 e. The predicted molar refractivity (Wildman–Crippen MR) is 53.5 cm³/mol. The molecule has 0 aliphatic carbocycles. The quantitative estimate of drug-likeness (QED) is 0.697. The smallest absolute Gasteiger partial charge is 0.197 e. The van der Waals surface area contributed by atoms with Crippen molar-refractivity contribution in [3.8, 4) is 5.82 Å². The van der Waals surface area contributed by atoms with E-state index in [0.29, 0.717) is 0 Å². The van der Waals surface area contributed by atoms with E-state index in [1.807, 2.05) is 6.20 Å². The Hall–Kier alpha value is -0.610. The molecule has 3 heterocycles. The molecule has 74 valence electrons. The van der Waals surface area contributed by atoms with Crippen molar-refractivity contribution in [3.63, 3.8) is 0 Å². The molecule has 0 aromatic carbocycles. The van der Waals surface area contributed by atoms with Crippen LogP contribution < -0.4 is 5.32 Å². The molecule has 3 aliphatic rings. The summed E-state index contributed by atoms with van der Waals surface area (Å²) in [6.07, 6.45) is 6.04. The number of halogens is 1. The second-order valence-corrected chi connectivity index (χ2v) is 3.37. The third-order valence-corrected chi connectivity index (χ3v) is 2.21. The van der Waals surface area contributed by atoms with Crippen LogP contribution in [0.25, 0.3) is 5.82 Å². The highest BCUT2D eigenvalue weighted by atomic mass is 35.5. The summed E-state index contributed by atoms with van der Waals surface area (Å²) >= 11 is 0. The lowest BCUT2D eigenvalue weighted by Crippen LogP contribution is -2.30. The van der Waals surface area contributed by atoms with Crippen LogP contribution in [-0.4, -0.2) is 27.6 Å². The molecule has 0 spiro atoms. The number of fused-ring (bicyclic) bond motifs is 1. The Labute approximate surface area is 84.1 Å². The van der Waals surface area contributed by atoms with Gasteiger partial charge in [0.25, 0.3) is 0 Å². The van der Waals surface area contributed by atoms with Crippen LogP contribution in [-0.2, 0) is 0 Å². The number of aromatic nitrogens is 3. The maximum absolute atomic E-state index is 3.56. The Balaban J connectivity index is 0.000000125. The van der Waals surface area contributed by atoms with Crippen molar-refractivity contribution in [3.05, 3.63) is 6.20 Å². The molecule has 1 unspecified atom stereocenters. The van der Waals surface area contributed by atoms with Gasteiger partial charge in [-0.05, 0) is 26.3 Å². The summed E-state index contributed by atoms with van der Waals surface area (Å²) in [4.78, 5) is 0. The molecule has 1 atom stereocenters. The van der Waals surface area contributed by atoms with E-state index in [4.69, 9.17) is 0 Å². The van der Waals surface area contributed by atoms with Crippen molar-refractivity contribution in [2.75, 3.05) is 6.54 Å². The first-order valence-corrected chi connectivity index (χ1v) is 4.52. The minimum Gasteiger partial charge on any atom is -0.314 e. The summed E-state index contributed by atoms with van der Waals surface area (Å²) in [5.74, 6) is 1.02. The highest BCUT2D eigenvalue weighted by molar-refractivity contribution is 5.85. The first kappa shape index (κ1) is 10.5. The van der Waals surface area contributed by atoms with Gasteiger partial charge < -0.3 is 5.32 Å². The lowest BCUT2D eigenvalue weighted by molar-refractivity contribution is 0.425. The lowest BCUT2D eigenvalue weighted by atomic mass is 10.1. The summed E-state index contributed by atoms with van der Waals surface area (Å²) in [5.41, 5.74) is 0. The number of piperidine rings is 1. The number of nitrogens with one attached hydrogen (secondary N) is 1. The molecule has 0 radical (unpaired) electrons. The Morgan fingerprint density at radius 1 is 1.54 bits per heavy atom. The molecular formula is C8H15ClN4. The molecule has 0 aromatic rings. The van der Waals surface area contributed by atoms with E-state index in [1.54, 1.807) is 4.68 Å². The molecule has 0 saturated carbocycles. The van der Waals surface area contributed by atoms with Crippen molar-refractivity contribution in [1.82, 2.24) is 20.3 Å². The summed E-state index contributed by atoms with van der Waals surface area (Å²) < 4.78 is 1.72. The molecule has 0 bridgehead atoms. The number of nitrogens with zero attached hydrogens (tertiary/aromatic N) is 3. The molecule has 1 N–H and O–H groups in total. The van der Waals surface area contributed by atoms with Gasteiger partial charge in [-0.15, -0.1) is 17.5 Å². The Morgan fingerprint density at radius 2 is 2.31 bits per heavy atom. The highest BCUT2D eigenvalue weighted by Gasteiger charge is 2.14. The van der Waals surface area contributed by atoms with Gasteiger partial charge in [0.15, 0.2) is 5.82 Å². The van der Waals surface area contributed by atoms with Crippen molar-refractivity contribution in [2.24, 2.45) is 0 Å². The molecule has 4 nitrogen and oxygen atoms in total. The van der Waals surface area contributed by atoms with Crippen LogP contribution in [0, 0.1) is 0 Å². The fourth-order valence-electron chi connectivity index (χ4n) is 1.31. The predicted octanol–water partition coefficient (Wildman–Crippen LogP) is 1.15. The van der Waals surface area contributed by atoms with Gasteiger partial charge in [-0.2, -0.15) is 4.68 Å². The summed E-state index contributed by atoms with van der Waals surface area (Å²) in [6.45, 7) is 3.49. The van der Waals surface area contributed by atoms with E-state index in [1.165, 1.54) is 25.8 Å². The van der Waals surface area contributed by atoms with E-state index < -0.39 is 0 Å². The van der Waals surface area contributed by atoms with E-state index in [2.05, 4.69) is 22.6 Å². The second kappa shape index (κ2) is 4.58. The standard InChI is InChI=1S/C6H13N.C2HN3.ClH/c1-6-4-2-3-5-7-6;1-2-3-4-5(1)2;/h6-7H,2-5H2,1H3;1H;1H. The number of hydrogen-bond donors (Lipinski definition) is 1. The fourth-order valence-corrected chi connectivity index (χ4v) is 1.31. The normalized spacial score (nSPS) is 22.4. The van der Waals surface area contributed by atoms with Crippen LogP contribution in [0.15, 0.2) is 6.20 Å². The van der Waals surface area contributed by atoms with E-state index >= 15 is 0 Å². The van der Waals surface area contributed by atoms with Crippen molar-refractivity contribution < 1.29 is 0 Å². The van der Waals surface area contributed by atoms with E-state index in [9.17, 15) is 0 Å². The monoisotopic (exact) mass is 202 g/mol. The molecule has 0 amide bonds. The average Bonchev–Trinajstić information content (AvgIpc) is 2.61. The zero-order chi connectivity index (χ0) is 8.39. The van der Waals surface area contributed by atoms with Gasteiger partial charge in [-0.3, -0.25) is 0 Å². The Bertz CT molecular complexity index is 230. The van der Waals surface area contributed by atoms with Gasteiger partial charge in [-0.25, -0.2) is 0 Å². The van der Waals surface area contributed by atoms with Gasteiger partial charge in [-0.1, -0.05) is 11.6 Å². The maximum Gasteiger partial charge on any atom is 0.197 e. The molecule has 1 fully saturated rings. The van der Waals surface area contributed by atoms with E-state index in [-0.39, 0.29) is 12.4 Å². The zero-order valence-corrected chi connectivity index (χ0v) is 8.55. The third-order valence-electron chi connectivity index (χ3n) is 2.21. The summed E-state index contributed by atoms with van der Waals surface area (Å²) in [6, 6.07) is 0.786. The molecular weight excluding hydrogens is 188 g/mol. The van der Waals surface area contributed by atoms with Crippen LogP contribution >= 0.6 is 12.4 Å². The molecule has 0 aromatic heterocycles. The molecule has 3 aliphatic heterocycles. The summed E-state index contributed by atoms with van der Waals surface area (Å²) in [5, 5.41) is 10.4. The molecule has 3 rings (SSSR count). The first-order chi connectivity index (χ1) is 5.86. The summed E-state index contributed by atoms with van der Waals surface area (Å²) in [7, 11) is 0. The van der Waals surface area contributed by atoms with E-state index in [0.717, 1.165) is 11.9 Å². The number of rotatable bonds is 0. The second-order valence-electron chi connectivity index (χ2n) is 3.37. The minimum atomic E-state index is 0. The van der Waals surface area contributed by atoms with Gasteiger partial charge in [0, 0.05) is 6.04 Å². The average molecular weight is 203 g/mol. The topological polar surface area (TPSA) is 42.7 Å². The maximum atomic E-state index is 3.56. The SMILES string of the molecule is CC1CCCCN1.Cl.c1c2nnn1-2. The van der Waals surface area contributed by atoms with Crippen LogP contribution in [0.5, 0.6) is 0 Å². The van der Waals surface area contributed by atoms with Crippen LogP contribution in [0.4, 0.5) is 0 Å². The van der Waals surface area contributed by atoms with Crippen LogP contribution in [0.1, 0.15) is 26.2 Å². The van der Waals surface area contributed by atoms with Gasteiger partial charge in [0.1, 0.15) is 0 Å². The van der Waals surface area contributed by atoms with Crippen molar-refractivity contribution >= 4 is 12.4 Å². The Morgan fingerprint density at radius 3 is 2.46 bits per heavy atom. The minimum absolute atomic E-state index is 0. The zero-order valence-electron chi connectivity index (χ0n) is 7.73. The lowest BCUT2D eigenvalue weighted by Gasteiger charge is -2.18. The molecule has 5 heteroatoms. The fraction of sp³-hybridized carbons (Fsp3) is 0.750. The number of hydrogen-bond acceptors (Lipinski definition) is 3. The van der Waals surface area contributed by atoms with Crippen LogP contribution in [0.3, 0.4) is 0 Å². The van der Waals surface area contributed by atoms with Gasteiger partial charge in [0.2, 0.25) is 0 Å².